The van der Waals surface area contributed by atoms with E-state index in [1.807, 2.05) is 41.5 Å². The molecule has 0 aliphatic carbocycles. The van der Waals surface area contributed by atoms with E-state index in [1.54, 1.807) is 0 Å². The van der Waals surface area contributed by atoms with Gasteiger partial charge in [-0.25, -0.2) is 0 Å². The number of carbonyl (C=O) groups excluding carboxylic acids is 4. The predicted octanol–water partition coefficient (Wildman–Crippen LogP) is 16.3. The van der Waals surface area contributed by atoms with Gasteiger partial charge < -0.3 is 107 Å². The summed E-state index contributed by atoms with van der Waals surface area (Å²) in [6, 6.07) is 0. The van der Waals surface area contributed by atoms with E-state index in [9.17, 15) is 19.2 Å². The largest absolute Gasteiger partial charge is 0.469 e. The van der Waals surface area contributed by atoms with Gasteiger partial charge in [0.1, 0.15) is 0 Å². The Morgan fingerprint density at radius 1 is 0.228 bits per heavy atom. The number of rotatable bonds is 21. The van der Waals surface area contributed by atoms with Gasteiger partial charge >= 0.3 is 23.9 Å². The molecule has 0 saturated heterocycles. The highest BCUT2D eigenvalue weighted by Crippen LogP contribution is 2.12. The molecule has 0 aromatic rings. The first-order valence-corrected chi connectivity index (χ1v) is 43.1. The van der Waals surface area contributed by atoms with Crippen LogP contribution in [0.2, 0.25) is 0 Å². The van der Waals surface area contributed by atoms with Crippen molar-refractivity contribution in [3.05, 3.63) is 112 Å². The van der Waals surface area contributed by atoms with Gasteiger partial charge in [-0.3, -0.25) is 19.2 Å². The van der Waals surface area contributed by atoms with Crippen LogP contribution in [0.4, 0.5) is 0 Å². The second-order valence-corrected chi connectivity index (χ2v) is 26.3. The number of nitrogens with zero attached hydrogens (tertiary/aromatic N) is 18. The summed E-state index contributed by atoms with van der Waals surface area (Å²) >= 11 is 9.28. The van der Waals surface area contributed by atoms with Crippen molar-refractivity contribution in [1.29, 1.82) is 0 Å². The number of methoxy groups -OCH3 is 4. The van der Waals surface area contributed by atoms with Gasteiger partial charge in [-0.2, -0.15) is 0 Å². The van der Waals surface area contributed by atoms with Crippen molar-refractivity contribution >= 4 is 47.1 Å². The molecule has 0 spiro atoms. The molecular weight excluding hydrogens is 1480 g/mol. The molecule has 9 aliphatic rings. The first kappa shape index (κ1) is 125. The maximum absolute atomic E-state index is 9.59. The average Bonchev–Trinajstić information content (AvgIpc) is 1.79. The van der Waals surface area contributed by atoms with Crippen molar-refractivity contribution in [3.63, 3.8) is 0 Å². The number of hydrogen-bond donors (Lipinski definition) is 0. The van der Waals surface area contributed by atoms with E-state index < -0.39 is 0 Å². The minimum atomic E-state index is -0.245. The van der Waals surface area contributed by atoms with Gasteiger partial charge in [0.15, 0.2) is 0 Å². The molecule has 0 N–H and O–H groups in total. The standard InChI is InChI=1S/2C11H22N2.2C8H16N2.C7H14N2.C6H12N2.3C5H10N2.4C3H6O2.3C2H6.2CH3Cl/c2*1-3-5-7-12-9-10-13(11-12)8-6-4-2;2*1-3-4-5-10-7-6-9(2)8-10;1-3-8-5-6-9(4-2)7-8;1-3-8-5-4-7(2)6-8;3*1-6-3-4-7(2)5-6;4*1-3(4)5-2;5*1-2/h2*9-10H,3-8,11H2,1-2H3;2*6-7H,3-5,8H2,1-2H3;5-6H,3-4,7H2,1-2H3;4-5H,3,6H2,1-2H3;3*3-4H,5H2,1-2H3;4*1-2H3;3*1-2H3;2*1H3. The molecule has 0 saturated carbocycles. The Balaban J connectivity index is -0.000000150. The Labute approximate surface area is 713 Å². The zero-order valence-corrected chi connectivity index (χ0v) is 81.2. The fourth-order valence-corrected chi connectivity index (χ4v) is 8.99. The van der Waals surface area contributed by atoms with Crippen molar-refractivity contribution in [1.82, 2.24) is 88.2 Å². The SMILES string of the molecule is CC.CC.CC.CCCCN1C=CN(C)C1.CCCCN1C=CN(C)C1.CCCCN1C=CN(CCCC)C1.CCCCN1C=CN(CCCC)C1.CCN1C=CN(C)C1.CCN1C=CN(CC)C1.CCl.CCl.CN1C=CN(C)C1.CN1C=CN(C)C1.CN1C=CN(C)C1.COC(C)=O.COC(C)=O.COC(C)=O.COC(C)=O. The van der Waals surface area contributed by atoms with Crippen LogP contribution < -0.4 is 0 Å². The highest BCUT2D eigenvalue weighted by atomic mass is 35.5. The van der Waals surface area contributed by atoms with Crippen LogP contribution in [0.5, 0.6) is 0 Å². The van der Waals surface area contributed by atoms with Gasteiger partial charge in [0.25, 0.3) is 0 Å². The minimum Gasteiger partial charge on any atom is -0.469 e. The second kappa shape index (κ2) is 94.4. The van der Waals surface area contributed by atoms with E-state index in [1.165, 1.54) is 185 Å². The Morgan fingerprint density at radius 2 is 0.342 bits per heavy atom. The first-order chi connectivity index (χ1) is 54.5. The third-order valence-electron chi connectivity index (χ3n) is 15.6. The Hall–Kier alpha value is -7.48. The van der Waals surface area contributed by atoms with Crippen molar-refractivity contribution < 1.29 is 38.1 Å². The molecule has 0 fully saturated rings. The lowest BCUT2D eigenvalue weighted by atomic mass is 10.3. The lowest BCUT2D eigenvalue weighted by Gasteiger charge is -2.20. The quantitative estimate of drug-likeness (QED) is 0.0605. The van der Waals surface area contributed by atoms with Crippen LogP contribution in [-0.4, -0.2) is 336 Å². The lowest BCUT2D eigenvalue weighted by molar-refractivity contribution is -0.138. The zero-order chi connectivity index (χ0) is 89.5. The van der Waals surface area contributed by atoms with Gasteiger partial charge in [-0.1, -0.05) is 122 Å². The Morgan fingerprint density at radius 3 is 0.447 bits per heavy atom. The normalized spacial score (nSPS) is 14.2. The van der Waals surface area contributed by atoms with Crippen LogP contribution >= 0.6 is 23.2 Å². The van der Waals surface area contributed by atoms with Gasteiger partial charge in [-0.05, 0) is 59.3 Å². The highest BCUT2D eigenvalue weighted by Gasteiger charge is 2.13. The summed E-state index contributed by atoms with van der Waals surface area (Å²) in [6.07, 6.45) is 56.8. The number of unbranched alkanes of at least 4 members (excludes halogenated alkanes) is 6. The minimum absolute atomic E-state index is 0.245. The van der Waals surface area contributed by atoms with E-state index >= 15 is 0 Å². The predicted molar refractivity (Wildman–Crippen MR) is 491 cm³/mol. The van der Waals surface area contributed by atoms with Gasteiger partial charge in [0, 0.05) is 274 Å². The third kappa shape index (κ3) is 90.1. The van der Waals surface area contributed by atoms with Crippen LogP contribution in [-0.2, 0) is 38.1 Å². The molecule has 28 heteroatoms. The Kier molecular flexibility index (Phi) is 103. The van der Waals surface area contributed by atoms with Gasteiger partial charge in [0.05, 0.1) is 88.5 Å². The number of ether oxygens (including phenoxy) is 4. The maximum atomic E-state index is 9.59. The number of esters is 4. The molecule has 0 bridgehead atoms. The van der Waals surface area contributed by atoms with Gasteiger partial charge in [0.2, 0.25) is 0 Å². The number of carbonyl (C=O) groups is 4. The van der Waals surface area contributed by atoms with Crippen LogP contribution in [0.3, 0.4) is 0 Å². The van der Waals surface area contributed by atoms with Gasteiger partial charge in [-0.15, -0.1) is 23.2 Å². The van der Waals surface area contributed by atoms with E-state index in [-0.39, 0.29) is 23.9 Å². The number of halogens is 2. The van der Waals surface area contributed by atoms with E-state index in [0.29, 0.717) is 0 Å². The zero-order valence-electron chi connectivity index (χ0n) is 79.7. The Bertz CT molecular complexity index is 2110. The molecular formula is C86H180Cl2N18O8. The summed E-state index contributed by atoms with van der Waals surface area (Å²) in [5, 5.41) is 0. The van der Waals surface area contributed by atoms with Crippen LogP contribution in [0.1, 0.15) is 209 Å². The van der Waals surface area contributed by atoms with Crippen molar-refractivity contribution in [3.8, 4) is 0 Å². The third-order valence-corrected chi connectivity index (χ3v) is 15.6. The van der Waals surface area contributed by atoms with Crippen LogP contribution in [0, 0.1) is 0 Å². The monoisotopic (exact) mass is 1660 g/mol. The smallest absolute Gasteiger partial charge is 0.302 e. The summed E-state index contributed by atoms with van der Waals surface area (Å²) in [4.78, 5) is 78.7. The van der Waals surface area contributed by atoms with Crippen LogP contribution in [0.25, 0.3) is 0 Å². The maximum Gasteiger partial charge on any atom is 0.302 e. The molecule has 0 unspecified atom stereocenters. The van der Waals surface area contributed by atoms with Crippen molar-refractivity contribution in [2.45, 2.75) is 209 Å². The second-order valence-electron chi connectivity index (χ2n) is 26.3. The summed E-state index contributed by atoms with van der Waals surface area (Å²) in [7, 11) is 24.0. The van der Waals surface area contributed by atoms with E-state index in [2.05, 4.69) is 368 Å². The molecule has 0 radical (unpaired) electrons. The summed E-state index contributed by atoms with van der Waals surface area (Å²) in [5.74, 6) is -0.981. The van der Waals surface area contributed by atoms with E-state index in [0.717, 1.165) is 79.7 Å². The molecule has 114 heavy (non-hydrogen) atoms. The fourth-order valence-electron chi connectivity index (χ4n) is 8.99. The number of hydrogen-bond acceptors (Lipinski definition) is 26. The number of alkyl halides is 2. The molecule has 0 atom stereocenters. The molecule has 0 amide bonds. The lowest BCUT2D eigenvalue weighted by Crippen LogP contribution is -2.26. The molecule has 9 rings (SSSR count). The molecule has 676 valence electrons. The molecule has 9 aliphatic heterocycles. The summed E-state index contributed by atoms with van der Waals surface area (Å²) < 4.78 is 16.4. The van der Waals surface area contributed by atoms with Crippen molar-refractivity contribution in [2.75, 3.05) is 224 Å². The summed E-state index contributed by atoms with van der Waals surface area (Å²) in [6.45, 7) is 57.6. The topological polar surface area (TPSA) is 164 Å². The van der Waals surface area contributed by atoms with Crippen LogP contribution in [0.15, 0.2) is 112 Å². The van der Waals surface area contributed by atoms with E-state index in [4.69, 9.17) is 0 Å². The molecule has 26 nitrogen and oxygen atoms in total. The fraction of sp³-hybridized carbons (Fsp3) is 0.744. The molecule has 0 aromatic carbocycles. The molecule has 0 aromatic heterocycles. The summed E-state index contributed by atoms with van der Waals surface area (Å²) in [5.41, 5.74) is 0. The first-order valence-electron chi connectivity index (χ1n) is 41.6. The molecule has 9 heterocycles. The van der Waals surface area contributed by atoms with Crippen molar-refractivity contribution in [2.24, 2.45) is 0 Å². The highest BCUT2D eigenvalue weighted by molar-refractivity contribution is 6.15. The average molecular weight is 1670 g/mol.